The van der Waals surface area contributed by atoms with Crippen molar-refractivity contribution in [2.45, 2.75) is 13.3 Å². The van der Waals surface area contributed by atoms with Crippen molar-refractivity contribution >= 4 is 35.3 Å². The largest absolute Gasteiger partial charge is 0.493 e. The van der Waals surface area contributed by atoms with E-state index in [4.69, 9.17) is 9.47 Å². The number of nitrogens with zero attached hydrogens (tertiary/aromatic N) is 2. The molecular formula is C21H19N3O7. The van der Waals surface area contributed by atoms with Crippen LogP contribution >= 0.6 is 0 Å². The minimum atomic E-state index is -0.903. The Morgan fingerprint density at radius 1 is 1.10 bits per heavy atom. The molecular weight excluding hydrogens is 406 g/mol. The first-order valence-corrected chi connectivity index (χ1v) is 9.32. The molecule has 1 aliphatic rings. The molecule has 0 unspecified atom stereocenters. The molecule has 1 saturated heterocycles. The fourth-order valence-electron chi connectivity index (χ4n) is 2.88. The number of carbonyl (C=O) groups is 3. The van der Waals surface area contributed by atoms with Crippen molar-refractivity contribution in [3.05, 3.63) is 63.7 Å². The van der Waals surface area contributed by atoms with Gasteiger partial charge in [0.05, 0.1) is 24.3 Å². The molecule has 10 nitrogen and oxygen atoms in total. The summed E-state index contributed by atoms with van der Waals surface area (Å²) in [7, 11) is 1.43. The number of imide groups is 2. The molecule has 3 rings (SSSR count). The van der Waals surface area contributed by atoms with Crippen LogP contribution in [0.25, 0.3) is 6.08 Å². The van der Waals surface area contributed by atoms with E-state index in [1.807, 2.05) is 6.92 Å². The molecule has 0 saturated carbocycles. The molecule has 4 amide bonds. The third-order valence-electron chi connectivity index (χ3n) is 4.38. The van der Waals surface area contributed by atoms with E-state index in [-0.39, 0.29) is 16.9 Å². The Morgan fingerprint density at radius 3 is 2.42 bits per heavy atom. The number of hydrogen-bond acceptors (Lipinski definition) is 7. The molecule has 10 heteroatoms. The average molecular weight is 425 g/mol. The number of rotatable bonds is 7. The number of nitro groups is 1. The number of non-ortho nitro benzene ring substituents is 1. The van der Waals surface area contributed by atoms with Crippen LogP contribution in [-0.2, 0) is 9.59 Å². The van der Waals surface area contributed by atoms with Gasteiger partial charge in [-0.1, -0.05) is 6.92 Å². The van der Waals surface area contributed by atoms with E-state index in [1.54, 1.807) is 6.07 Å². The maximum atomic E-state index is 13.0. The van der Waals surface area contributed by atoms with Crippen LogP contribution in [0, 0.1) is 10.1 Å². The number of benzene rings is 2. The molecule has 0 aromatic heterocycles. The first-order chi connectivity index (χ1) is 14.8. The average Bonchev–Trinajstić information content (AvgIpc) is 2.75. The molecule has 31 heavy (non-hydrogen) atoms. The molecule has 0 radical (unpaired) electrons. The van der Waals surface area contributed by atoms with E-state index in [9.17, 15) is 24.5 Å². The van der Waals surface area contributed by atoms with Crippen molar-refractivity contribution in [3.63, 3.8) is 0 Å². The molecule has 2 aromatic rings. The summed E-state index contributed by atoms with van der Waals surface area (Å²) in [5.74, 6) is -0.920. The zero-order valence-electron chi connectivity index (χ0n) is 16.8. The van der Waals surface area contributed by atoms with Gasteiger partial charge in [0.15, 0.2) is 11.5 Å². The normalized spacial score (nSPS) is 15.1. The van der Waals surface area contributed by atoms with Gasteiger partial charge in [-0.15, -0.1) is 0 Å². The Bertz CT molecular complexity index is 1080. The highest BCUT2D eigenvalue weighted by molar-refractivity contribution is 6.39. The van der Waals surface area contributed by atoms with Crippen molar-refractivity contribution in [2.24, 2.45) is 0 Å². The van der Waals surface area contributed by atoms with Gasteiger partial charge in [0.1, 0.15) is 5.57 Å². The van der Waals surface area contributed by atoms with E-state index in [1.165, 1.54) is 49.6 Å². The van der Waals surface area contributed by atoms with Gasteiger partial charge >= 0.3 is 6.03 Å². The Hall–Kier alpha value is -4.21. The monoisotopic (exact) mass is 425 g/mol. The van der Waals surface area contributed by atoms with Crippen molar-refractivity contribution < 1.29 is 28.8 Å². The van der Waals surface area contributed by atoms with Crippen LogP contribution in [0.1, 0.15) is 18.9 Å². The van der Waals surface area contributed by atoms with Crippen molar-refractivity contribution in [1.29, 1.82) is 0 Å². The predicted molar refractivity (Wildman–Crippen MR) is 111 cm³/mol. The fraction of sp³-hybridized carbons (Fsp3) is 0.190. The second-order valence-electron chi connectivity index (χ2n) is 6.49. The number of barbiturate groups is 1. The van der Waals surface area contributed by atoms with Crippen LogP contribution in [0.2, 0.25) is 0 Å². The summed E-state index contributed by atoms with van der Waals surface area (Å²) in [6.07, 6.45) is 2.05. The van der Waals surface area contributed by atoms with Gasteiger partial charge in [-0.05, 0) is 42.3 Å². The van der Waals surface area contributed by atoms with E-state index in [0.717, 1.165) is 11.3 Å². The summed E-state index contributed by atoms with van der Waals surface area (Å²) in [5, 5.41) is 12.9. The SMILES string of the molecule is CCCOc1ccc(N2C(=O)NC(=O)/C(=C\c3ccc([N+](=O)[O-])cc3)C2=O)cc1OC. The van der Waals surface area contributed by atoms with Crippen molar-refractivity contribution in [3.8, 4) is 11.5 Å². The van der Waals surface area contributed by atoms with Crippen LogP contribution in [0.5, 0.6) is 11.5 Å². The summed E-state index contributed by atoms with van der Waals surface area (Å²) in [5.41, 5.74) is 0.152. The summed E-state index contributed by atoms with van der Waals surface area (Å²) in [4.78, 5) is 48.7. The summed E-state index contributed by atoms with van der Waals surface area (Å²) >= 11 is 0. The van der Waals surface area contributed by atoms with Crippen LogP contribution in [0.3, 0.4) is 0 Å². The van der Waals surface area contributed by atoms with Crippen molar-refractivity contribution in [2.75, 3.05) is 18.6 Å². The van der Waals surface area contributed by atoms with E-state index < -0.39 is 22.8 Å². The zero-order chi connectivity index (χ0) is 22.5. The Labute approximate surface area is 177 Å². The molecule has 1 aliphatic heterocycles. The first-order valence-electron chi connectivity index (χ1n) is 9.32. The number of amides is 4. The zero-order valence-corrected chi connectivity index (χ0v) is 16.8. The molecule has 2 aromatic carbocycles. The third-order valence-corrected chi connectivity index (χ3v) is 4.38. The molecule has 0 spiro atoms. The highest BCUT2D eigenvalue weighted by atomic mass is 16.6. The lowest BCUT2D eigenvalue weighted by molar-refractivity contribution is -0.384. The van der Waals surface area contributed by atoms with E-state index in [0.29, 0.717) is 23.7 Å². The van der Waals surface area contributed by atoms with Gasteiger partial charge < -0.3 is 9.47 Å². The number of nitro benzene ring substituents is 1. The minimum absolute atomic E-state index is 0.129. The topological polar surface area (TPSA) is 128 Å². The molecule has 1 fully saturated rings. The second-order valence-corrected chi connectivity index (χ2v) is 6.49. The van der Waals surface area contributed by atoms with Gasteiger partial charge in [-0.25, -0.2) is 9.69 Å². The number of urea groups is 1. The van der Waals surface area contributed by atoms with Crippen LogP contribution in [0.4, 0.5) is 16.2 Å². The summed E-state index contributed by atoms with van der Waals surface area (Å²) < 4.78 is 10.9. The molecule has 0 bridgehead atoms. The quantitative estimate of drug-likeness (QED) is 0.312. The van der Waals surface area contributed by atoms with Gasteiger partial charge in [0.2, 0.25) is 0 Å². The maximum Gasteiger partial charge on any atom is 0.335 e. The van der Waals surface area contributed by atoms with Crippen LogP contribution in [-0.4, -0.2) is 36.5 Å². The smallest absolute Gasteiger partial charge is 0.335 e. The van der Waals surface area contributed by atoms with E-state index in [2.05, 4.69) is 5.32 Å². The van der Waals surface area contributed by atoms with Crippen LogP contribution in [0.15, 0.2) is 48.0 Å². The lowest BCUT2D eigenvalue weighted by atomic mass is 10.1. The van der Waals surface area contributed by atoms with Crippen molar-refractivity contribution in [1.82, 2.24) is 5.32 Å². The third kappa shape index (κ3) is 4.53. The molecule has 0 aliphatic carbocycles. The first kappa shape index (κ1) is 21.5. The standard InChI is InChI=1S/C21H19N3O7/c1-3-10-31-17-9-8-15(12-18(17)30-2)23-20(26)16(19(25)22-21(23)27)11-13-4-6-14(7-5-13)24(28)29/h4-9,11-12H,3,10H2,1-2H3,(H,22,25,27)/b16-11+. The van der Waals surface area contributed by atoms with Gasteiger partial charge in [0, 0.05) is 18.2 Å². The maximum absolute atomic E-state index is 13.0. The highest BCUT2D eigenvalue weighted by Gasteiger charge is 2.37. The lowest BCUT2D eigenvalue weighted by Crippen LogP contribution is -2.54. The van der Waals surface area contributed by atoms with Crippen LogP contribution < -0.4 is 19.7 Å². The fourth-order valence-corrected chi connectivity index (χ4v) is 2.88. The second kappa shape index (κ2) is 9.08. The van der Waals surface area contributed by atoms with E-state index >= 15 is 0 Å². The highest BCUT2D eigenvalue weighted by Crippen LogP contribution is 2.33. The molecule has 160 valence electrons. The van der Waals surface area contributed by atoms with Gasteiger partial charge in [-0.2, -0.15) is 0 Å². The van der Waals surface area contributed by atoms with Gasteiger partial charge in [-0.3, -0.25) is 25.0 Å². The molecule has 1 heterocycles. The number of methoxy groups -OCH3 is 1. The minimum Gasteiger partial charge on any atom is -0.493 e. The Morgan fingerprint density at radius 2 is 1.81 bits per heavy atom. The Balaban J connectivity index is 1.95. The molecule has 0 atom stereocenters. The number of nitrogens with one attached hydrogen (secondary N) is 1. The summed E-state index contributed by atoms with van der Waals surface area (Å²) in [6, 6.07) is 8.93. The number of ether oxygens (including phenoxy) is 2. The number of hydrogen-bond donors (Lipinski definition) is 1. The number of anilines is 1. The lowest BCUT2D eigenvalue weighted by Gasteiger charge is -2.27. The Kier molecular flexibility index (Phi) is 6.29. The van der Waals surface area contributed by atoms with Gasteiger partial charge in [0.25, 0.3) is 17.5 Å². The summed E-state index contributed by atoms with van der Waals surface area (Å²) in [6.45, 7) is 2.42. The molecule has 1 N–H and O–H groups in total. The predicted octanol–water partition coefficient (Wildman–Crippen LogP) is 3.06. The number of carbonyl (C=O) groups excluding carboxylic acids is 3.